The van der Waals surface area contributed by atoms with Gasteiger partial charge in [-0.15, -0.1) is 0 Å². The van der Waals surface area contributed by atoms with Crippen molar-refractivity contribution in [2.45, 2.75) is 70.5 Å². The maximum Gasteiger partial charge on any atom is 0.218 e. The zero-order chi connectivity index (χ0) is 16.8. The van der Waals surface area contributed by atoms with Gasteiger partial charge in [0, 0.05) is 6.54 Å². The third-order valence-corrected chi connectivity index (χ3v) is 7.05. The normalized spacial score (nSPS) is 21.2. The molecule has 0 saturated carbocycles. The van der Waals surface area contributed by atoms with Crippen molar-refractivity contribution in [1.29, 1.82) is 0 Å². The van der Waals surface area contributed by atoms with Gasteiger partial charge in [0.2, 0.25) is 10.0 Å². The fourth-order valence-electron chi connectivity index (χ4n) is 3.36. The Morgan fingerprint density at radius 3 is 2.18 bits per heavy atom. The van der Waals surface area contributed by atoms with Gasteiger partial charge >= 0.3 is 0 Å². The number of hydrogen-bond donors (Lipinski definition) is 1. The number of benzene rings is 1. The molecule has 1 N–H and O–H groups in total. The van der Waals surface area contributed by atoms with Gasteiger partial charge in [0.1, 0.15) is 0 Å². The molecule has 22 heavy (non-hydrogen) atoms. The van der Waals surface area contributed by atoms with Crippen LogP contribution in [0.5, 0.6) is 0 Å². The molecular formula is C18H29NO2S. The SMILES string of the molecule is CCNS(=O)(=O)C(C)c1ccc2c(c1)C(C)(C)CCC2(C)C. The van der Waals surface area contributed by atoms with Gasteiger partial charge in [-0.1, -0.05) is 52.8 Å². The third-order valence-electron chi connectivity index (χ3n) is 5.16. The Kier molecular flexibility index (Phi) is 4.48. The van der Waals surface area contributed by atoms with E-state index in [0.717, 1.165) is 18.4 Å². The first-order valence-corrected chi connectivity index (χ1v) is 9.69. The Balaban J connectivity index is 2.51. The number of fused-ring (bicyclic) bond motifs is 1. The molecular weight excluding hydrogens is 294 g/mol. The predicted molar refractivity (Wildman–Crippen MR) is 92.7 cm³/mol. The standard InChI is InChI=1S/C18H29NO2S/c1-7-19-22(20,21)13(2)14-8-9-15-16(12-14)18(5,6)11-10-17(15,3)4/h8-9,12-13,19H,7,10-11H2,1-6H3. The summed E-state index contributed by atoms with van der Waals surface area (Å²) < 4.78 is 27.2. The van der Waals surface area contributed by atoms with Gasteiger partial charge in [-0.25, -0.2) is 13.1 Å². The first-order valence-electron chi connectivity index (χ1n) is 8.14. The van der Waals surface area contributed by atoms with Crippen molar-refractivity contribution >= 4 is 10.0 Å². The summed E-state index contributed by atoms with van der Waals surface area (Å²) >= 11 is 0. The molecule has 124 valence electrons. The molecule has 3 nitrogen and oxygen atoms in total. The van der Waals surface area contributed by atoms with Crippen molar-refractivity contribution in [3.05, 3.63) is 34.9 Å². The monoisotopic (exact) mass is 323 g/mol. The Morgan fingerprint density at radius 2 is 1.64 bits per heavy atom. The Labute approximate surface area is 135 Å². The lowest BCUT2D eigenvalue weighted by atomic mass is 9.63. The summed E-state index contributed by atoms with van der Waals surface area (Å²) in [5.74, 6) is 0. The Morgan fingerprint density at radius 1 is 1.09 bits per heavy atom. The molecule has 0 bridgehead atoms. The zero-order valence-corrected chi connectivity index (χ0v) is 15.5. The first-order chi connectivity index (χ1) is 10.0. The molecule has 0 saturated heterocycles. The largest absolute Gasteiger partial charge is 0.218 e. The van der Waals surface area contributed by atoms with E-state index >= 15 is 0 Å². The number of rotatable bonds is 4. The first kappa shape index (κ1) is 17.5. The minimum absolute atomic E-state index is 0.0997. The fraction of sp³-hybridized carbons (Fsp3) is 0.667. The van der Waals surface area contributed by atoms with Crippen LogP contribution in [0.4, 0.5) is 0 Å². The highest BCUT2D eigenvalue weighted by atomic mass is 32.2. The number of nitrogens with one attached hydrogen (secondary N) is 1. The van der Waals surface area contributed by atoms with Crippen LogP contribution in [0, 0.1) is 0 Å². The summed E-state index contributed by atoms with van der Waals surface area (Å²) in [5.41, 5.74) is 3.81. The van der Waals surface area contributed by atoms with E-state index in [1.807, 2.05) is 13.0 Å². The maximum absolute atomic E-state index is 12.3. The van der Waals surface area contributed by atoms with E-state index in [9.17, 15) is 8.42 Å². The van der Waals surface area contributed by atoms with Crippen LogP contribution in [0.3, 0.4) is 0 Å². The summed E-state index contributed by atoms with van der Waals surface area (Å²) in [6, 6.07) is 6.25. The fourth-order valence-corrected chi connectivity index (χ4v) is 4.52. The molecule has 0 heterocycles. The molecule has 1 aromatic carbocycles. The van der Waals surface area contributed by atoms with Gasteiger partial charge in [0.05, 0.1) is 5.25 Å². The van der Waals surface area contributed by atoms with Gasteiger partial charge in [-0.05, 0) is 47.3 Å². The van der Waals surface area contributed by atoms with Crippen LogP contribution in [0.25, 0.3) is 0 Å². The van der Waals surface area contributed by atoms with Crippen LogP contribution in [0.15, 0.2) is 18.2 Å². The van der Waals surface area contributed by atoms with Gasteiger partial charge in [0.15, 0.2) is 0 Å². The Bertz CT molecular complexity index is 660. The molecule has 1 atom stereocenters. The maximum atomic E-state index is 12.3. The second-order valence-electron chi connectivity index (χ2n) is 7.76. The number of sulfonamides is 1. The van der Waals surface area contributed by atoms with Gasteiger partial charge in [-0.2, -0.15) is 0 Å². The summed E-state index contributed by atoms with van der Waals surface area (Å²) in [7, 11) is -3.31. The summed E-state index contributed by atoms with van der Waals surface area (Å²) in [6.45, 7) is 13.1. The second kappa shape index (κ2) is 5.64. The lowest BCUT2D eigenvalue weighted by Gasteiger charge is -2.42. The van der Waals surface area contributed by atoms with E-state index in [1.54, 1.807) is 6.92 Å². The minimum Gasteiger partial charge on any atom is -0.215 e. The van der Waals surface area contributed by atoms with E-state index in [4.69, 9.17) is 0 Å². The minimum atomic E-state index is -3.31. The molecule has 1 unspecified atom stereocenters. The molecule has 0 amide bonds. The van der Waals surface area contributed by atoms with Crippen molar-refractivity contribution in [2.75, 3.05) is 6.54 Å². The lowest BCUT2D eigenvalue weighted by Crippen LogP contribution is -2.34. The van der Waals surface area contributed by atoms with Crippen molar-refractivity contribution < 1.29 is 8.42 Å². The molecule has 1 aliphatic carbocycles. The van der Waals surface area contributed by atoms with E-state index in [0.29, 0.717) is 6.54 Å². The molecule has 0 aromatic heterocycles. The molecule has 2 rings (SSSR count). The van der Waals surface area contributed by atoms with E-state index in [1.165, 1.54) is 11.1 Å². The topological polar surface area (TPSA) is 46.2 Å². The van der Waals surface area contributed by atoms with Crippen molar-refractivity contribution in [3.8, 4) is 0 Å². The average molecular weight is 324 g/mol. The van der Waals surface area contributed by atoms with E-state index in [2.05, 4.69) is 44.5 Å². The highest BCUT2D eigenvalue weighted by Crippen LogP contribution is 2.46. The highest BCUT2D eigenvalue weighted by molar-refractivity contribution is 7.89. The third kappa shape index (κ3) is 3.09. The zero-order valence-electron chi connectivity index (χ0n) is 14.7. The van der Waals surface area contributed by atoms with Crippen molar-refractivity contribution in [3.63, 3.8) is 0 Å². The highest BCUT2D eigenvalue weighted by Gasteiger charge is 2.37. The van der Waals surface area contributed by atoms with Gasteiger partial charge < -0.3 is 0 Å². The summed E-state index contributed by atoms with van der Waals surface area (Å²) in [5, 5.41) is -0.529. The van der Waals surface area contributed by atoms with E-state index < -0.39 is 15.3 Å². The predicted octanol–water partition coefficient (Wildman–Crippen LogP) is 4.04. The van der Waals surface area contributed by atoms with Crippen LogP contribution in [0.2, 0.25) is 0 Å². The van der Waals surface area contributed by atoms with Crippen LogP contribution < -0.4 is 4.72 Å². The molecule has 1 aromatic rings. The summed E-state index contributed by atoms with van der Waals surface area (Å²) in [6.07, 6.45) is 2.29. The number of hydrogen-bond acceptors (Lipinski definition) is 2. The average Bonchev–Trinajstić information content (AvgIpc) is 2.43. The Hall–Kier alpha value is -0.870. The van der Waals surface area contributed by atoms with Crippen LogP contribution >= 0.6 is 0 Å². The van der Waals surface area contributed by atoms with Gasteiger partial charge in [0.25, 0.3) is 0 Å². The lowest BCUT2D eigenvalue weighted by molar-refractivity contribution is 0.331. The molecule has 4 heteroatoms. The summed E-state index contributed by atoms with van der Waals surface area (Å²) in [4.78, 5) is 0. The van der Waals surface area contributed by atoms with Crippen LogP contribution in [0.1, 0.15) is 76.3 Å². The molecule has 0 fully saturated rings. The quantitative estimate of drug-likeness (QED) is 0.909. The van der Waals surface area contributed by atoms with Crippen molar-refractivity contribution in [1.82, 2.24) is 4.72 Å². The molecule has 0 aliphatic heterocycles. The molecule has 0 radical (unpaired) electrons. The molecule has 0 spiro atoms. The van der Waals surface area contributed by atoms with Crippen LogP contribution in [-0.4, -0.2) is 15.0 Å². The van der Waals surface area contributed by atoms with E-state index in [-0.39, 0.29) is 10.8 Å². The second-order valence-corrected chi connectivity index (χ2v) is 9.84. The van der Waals surface area contributed by atoms with Crippen molar-refractivity contribution in [2.24, 2.45) is 0 Å². The van der Waals surface area contributed by atoms with Gasteiger partial charge in [-0.3, -0.25) is 0 Å². The smallest absolute Gasteiger partial charge is 0.215 e. The molecule has 1 aliphatic rings. The van der Waals surface area contributed by atoms with Crippen LogP contribution in [-0.2, 0) is 20.9 Å².